The number of anilines is 1. The maximum atomic E-state index is 5.54. The molecule has 0 heterocycles. The van der Waals surface area contributed by atoms with Crippen molar-refractivity contribution in [1.82, 2.24) is 0 Å². The third-order valence-corrected chi connectivity index (χ3v) is 1.64. The second kappa shape index (κ2) is 4.63. The van der Waals surface area contributed by atoms with Gasteiger partial charge in [-0.3, -0.25) is 0 Å². The molecule has 0 saturated carbocycles. The minimum Gasteiger partial charge on any atom is -0.497 e. The maximum absolute atomic E-state index is 5.54. The Balaban J connectivity index is 0.000001000. The number of hydrogen-bond donors (Lipinski definition) is 2. The summed E-state index contributed by atoms with van der Waals surface area (Å²) in [4.78, 5) is 0.779. The molecule has 0 saturated heterocycles. The van der Waals surface area contributed by atoms with E-state index in [4.69, 9.17) is 10.5 Å². The summed E-state index contributed by atoms with van der Waals surface area (Å²) in [6, 6.07) is 5.36. The van der Waals surface area contributed by atoms with E-state index >= 15 is 0 Å². The van der Waals surface area contributed by atoms with Crippen molar-refractivity contribution in [2.75, 3.05) is 12.8 Å². The Kier molecular flexibility index (Phi) is 4.54. The summed E-state index contributed by atoms with van der Waals surface area (Å²) < 4.78 is 4.94. The molecule has 2 N–H and O–H groups in total. The first-order valence-electron chi connectivity index (χ1n) is 2.86. The van der Waals surface area contributed by atoms with Crippen molar-refractivity contribution < 1.29 is 24.2 Å². The second-order valence-electron chi connectivity index (χ2n) is 1.92. The van der Waals surface area contributed by atoms with Crippen LogP contribution < -0.4 is 10.5 Å². The van der Waals surface area contributed by atoms with Crippen LogP contribution in [0.1, 0.15) is 0 Å². The molecule has 1 aromatic carbocycles. The molecule has 0 aliphatic heterocycles. The monoisotopic (exact) mass is 219 g/mol. The van der Waals surface area contributed by atoms with Crippen molar-refractivity contribution in [1.29, 1.82) is 0 Å². The predicted octanol–water partition coefficient (Wildman–Crippen LogP) is 1.56. The van der Waals surface area contributed by atoms with Crippen molar-refractivity contribution in [3.8, 4) is 5.75 Å². The Hall–Kier alpha value is -0.207. The van der Waals surface area contributed by atoms with Crippen LogP contribution in [0.3, 0.4) is 0 Å². The molecule has 4 heteroatoms. The van der Waals surface area contributed by atoms with E-state index in [0.717, 1.165) is 10.6 Å². The molecule has 0 aliphatic rings. The quantitative estimate of drug-likeness (QED) is 0.428. The van der Waals surface area contributed by atoms with Crippen LogP contribution in [0.15, 0.2) is 23.1 Å². The molecular formula is C7H9NOSZn. The third-order valence-electron chi connectivity index (χ3n) is 1.23. The fourth-order valence-corrected chi connectivity index (χ4v) is 0.799. The Bertz CT molecular complexity index is 242. The molecule has 0 bridgehead atoms. The summed E-state index contributed by atoms with van der Waals surface area (Å²) >= 11 is 4.10. The molecule has 0 amide bonds. The maximum Gasteiger partial charge on any atom is 0.120 e. The molecule has 0 aliphatic carbocycles. The van der Waals surface area contributed by atoms with E-state index in [1.165, 1.54) is 0 Å². The van der Waals surface area contributed by atoms with Crippen LogP contribution in [-0.4, -0.2) is 7.11 Å². The van der Waals surface area contributed by atoms with E-state index in [-0.39, 0.29) is 19.5 Å². The molecule has 0 fully saturated rings. The summed E-state index contributed by atoms with van der Waals surface area (Å²) in [5, 5.41) is 0. The Morgan fingerprint density at radius 3 is 2.55 bits per heavy atom. The van der Waals surface area contributed by atoms with E-state index in [9.17, 15) is 0 Å². The van der Waals surface area contributed by atoms with Gasteiger partial charge in [-0.05, 0) is 12.1 Å². The largest absolute Gasteiger partial charge is 0.497 e. The number of thiol groups is 1. The van der Waals surface area contributed by atoms with E-state index in [0.29, 0.717) is 5.69 Å². The summed E-state index contributed by atoms with van der Waals surface area (Å²) in [7, 11) is 1.60. The molecule has 56 valence electrons. The van der Waals surface area contributed by atoms with Crippen molar-refractivity contribution in [2.45, 2.75) is 4.90 Å². The average Bonchev–Trinajstić information content (AvgIpc) is 1.95. The minimum atomic E-state index is 0. The zero-order chi connectivity index (χ0) is 7.56. The number of methoxy groups -OCH3 is 1. The van der Waals surface area contributed by atoms with Crippen LogP contribution in [0.4, 0.5) is 5.69 Å². The molecule has 11 heavy (non-hydrogen) atoms. The molecule has 0 radical (unpaired) electrons. The van der Waals surface area contributed by atoms with E-state index in [1.54, 1.807) is 19.2 Å². The van der Waals surface area contributed by atoms with Gasteiger partial charge in [0.2, 0.25) is 0 Å². The smallest absolute Gasteiger partial charge is 0.120 e. The Morgan fingerprint density at radius 2 is 2.09 bits per heavy atom. The molecule has 2 nitrogen and oxygen atoms in total. The van der Waals surface area contributed by atoms with Gasteiger partial charge in [0, 0.05) is 36.1 Å². The van der Waals surface area contributed by atoms with Crippen LogP contribution in [-0.2, 0) is 19.5 Å². The standard InChI is InChI=1S/C7H9NOS.Zn/c1-9-5-2-3-7(10)6(8)4-5;/h2-4,10H,8H2,1H3;. The predicted molar refractivity (Wildman–Crippen MR) is 44.7 cm³/mol. The zero-order valence-corrected chi connectivity index (χ0v) is 10.2. The van der Waals surface area contributed by atoms with Crippen molar-refractivity contribution in [2.24, 2.45) is 0 Å². The molecule has 0 aromatic heterocycles. The van der Waals surface area contributed by atoms with Crippen LogP contribution in [0.2, 0.25) is 0 Å². The summed E-state index contributed by atoms with van der Waals surface area (Å²) in [6.07, 6.45) is 0. The van der Waals surface area contributed by atoms with Crippen LogP contribution in [0, 0.1) is 0 Å². The summed E-state index contributed by atoms with van der Waals surface area (Å²) in [6.45, 7) is 0. The van der Waals surface area contributed by atoms with E-state index in [1.807, 2.05) is 6.07 Å². The number of nitrogens with two attached hydrogens (primary N) is 1. The third kappa shape index (κ3) is 2.72. The van der Waals surface area contributed by atoms with Gasteiger partial charge in [0.1, 0.15) is 5.75 Å². The van der Waals surface area contributed by atoms with Gasteiger partial charge >= 0.3 is 0 Å². The normalized spacial score (nSPS) is 8.55. The second-order valence-corrected chi connectivity index (χ2v) is 2.41. The van der Waals surface area contributed by atoms with E-state index < -0.39 is 0 Å². The minimum absolute atomic E-state index is 0. The van der Waals surface area contributed by atoms with Crippen molar-refractivity contribution in [3.63, 3.8) is 0 Å². The number of hydrogen-bond acceptors (Lipinski definition) is 3. The fourth-order valence-electron chi connectivity index (χ4n) is 0.660. The molecular weight excluding hydrogens is 212 g/mol. The molecule has 0 spiro atoms. The summed E-state index contributed by atoms with van der Waals surface area (Å²) in [5.74, 6) is 0.760. The van der Waals surface area contributed by atoms with E-state index in [2.05, 4.69) is 12.6 Å². The zero-order valence-electron chi connectivity index (χ0n) is 6.37. The van der Waals surface area contributed by atoms with Gasteiger partial charge in [-0.2, -0.15) is 0 Å². The Morgan fingerprint density at radius 1 is 1.45 bits per heavy atom. The van der Waals surface area contributed by atoms with Crippen LogP contribution >= 0.6 is 12.6 Å². The molecule has 1 aromatic rings. The fraction of sp³-hybridized carbons (Fsp3) is 0.143. The molecule has 1 rings (SSSR count). The number of ether oxygens (including phenoxy) is 1. The molecule has 0 atom stereocenters. The number of benzene rings is 1. The number of nitrogen functional groups attached to an aromatic ring is 1. The number of rotatable bonds is 1. The summed E-state index contributed by atoms with van der Waals surface area (Å²) in [5.41, 5.74) is 6.18. The first kappa shape index (κ1) is 10.8. The van der Waals surface area contributed by atoms with Crippen molar-refractivity contribution in [3.05, 3.63) is 18.2 Å². The molecule has 0 unspecified atom stereocenters. The van der Waals surface area contributed by atoms with Gasteiger partial charge < -0.3 is 10.5 Å². The van der Waals surface area contributed by atoms with Crippen LogP contribution in [0.5, 0.6) is 5.75 Å². The Labute approximate surface area is 84.3 Å². The first-order valence-corrected chi connectivity index (χ1v) is 3.31. The van der Waals surface area contributed by atoms with Gasteiger partial charge in [-0.25, -0.2) is 0 Å². The van der Waals surface area contributed by atoms with Gasteiger partial charge in [0.05, 0.1) is 7.11 Å². The van der Waals surface area contributed by atoms with Gasteiger partial charge in [0.25, 0.3) is 0 Å². The SMILES string of the molecule is COc1ccc(S)c(N)c1.[Zn]. The van der Waals surface area contributed by atoms with Gasteiger partial charge in [-0.15, -0.1) is 12.6 Å². The van der Waals surface area contributed by atoms with Crippen LogP contribution in [0.25, 0.3) is 0 Å². The van der Waals surface area contributed by atoms with Gasteiger partial charge in [-0.1, -0.05) is 0 Å². The average molecular weight is 221 g/mol. The first-order chi connectivity index (χ1) is 4.74. The topological polar surface area (TPSA) is 35.2 Å². The van der Waals surface area contributed by atoms with Gasteiger partial charge in [0.15, 0.2) is 0 Å². The van der Waals surface area contributed by atoms with Crippen molar-refractivity contribution >= 4 is 18.3 Å².